The first-order valence-electron chi connectivity index (χ1n) is 7.09. The molecule has 0 bridgehead atoms. The molecule has 130 valence electrons. The molecule has 0 saturated heterocycles. The number of ether oxygens (including phenoxy) is 1. The highest BCUT2D eigenvalue weighted by atomic mass is 32.2. The van der Waals surface area contributed by atoms with E-state index in [1.165, 1.54) is 23.8 Å². The lowest BCUT2D eigenvalue weighted by atomic mass is 10.3. The van der Waals surface area contributed by atoms with Gasteiger partial charge in [-0.05, 0) is 13.0 Å². The maximum absolute atomic E-state index is 12.5. The van der Waals surface area contributed by atoms with Gasteiger partial charge < -0.3 is 4.74 Å². The number of urea groups is 1. The number of sulfonamides is 1. The molecule has 8 nitrogen and oxygen atoms in total. The van der Waals surface area contributed by atoms with Gasteiger partial charge in [0, 0.05) is 27.2 Å². The number of hydrogen-bond donors (Lipinski definition) is 2. The minimum atomic E-state index is -4.03. The van der Waals surface area contributed by atoms with Crippen molar-refractivity contribution in [1.82, 2.24) is 14.7 Å². The number of rotatable bonds is 4. The number of anilines is 1. The van der Waals surface area contributed by atoms with Crippen LogP contribution in [0.25, 0.3) is 10.1 Å². The molecule has 2 N–H and O–H groups in total. The fourth-order valence-corrected chi connectivity index (χ4v) is 4.58. The third-order valence-corrected chi connectivity index (χ3v) is 5.71. The number of hydrogen-bond acceptors (Lipinski definition) is 7. The molecule has 2 heterocycles. The third kappa shape index (κ3) is 3.69. The van der Waals surface area contributed by atoms with Crippen LogP contribution in [0.4, 0.5) is 10.7 Å². The number of benzene rings is 1. The summed E-state index contributed by atoms with van der Waals surface area (Å²) < 4.78 is 32.7. The van der Waals surface area contributed by atoms with Crippen LogP contribution in [0.3, 0.4) is 0 Å². The molecule has 0 unspecified atom stereocenters. The number of methoxy groups -OCH3 is 1. The van der Waals surface area contributed by atoms with Crippen molar-refractivity contribution in [2.75, 3.05) is 12.4 Å². The van der Waals surface area contributed by atoms with Crippen molar-refractivity contribution in [2.45, 2.75) is 11.8 Å². The van der Waals surface area contributed by atoms with Gasteiger partial charge in [0.05, 0.1) is 7.11 Å². The fraction of sp³-hybridized carbons (Fsp3) is 0.133. The van der Waals surface area contributed by atoms with E-state index in [1.54, 1.807) is 25.1 Å². The van der Waals surface area contributed by atoms with Crippen LogP contribution in [-0.2, 0) is 10.0 Å². The molecule has 2 amide bonds. The van der Waals surface area contributed by atoms with Crippen LogP contribution in [0.5, 0.6) is 5.88 Å². The number of carbonyl (C=O) groups excluding carboxylic acids is 1. The number of carbonyl (C=O) groups is 1. The third-order valence-electron chi connectivity index (χ3n) is 3.23. The zero-order chi connectivity index (χ0) is 18.0. The van der Waals surface area contributed by atoms with E-state index in [1.807, 2.05) is 16.9 Å². The summed E-state index contributed by atoms with van der Waals surface area (Å²) in [6, 6.07) is 7.68. The van der Waals surface area contributed by atoms with Crippen molar-refractivity contribution in [1.29, 1.82) is 0 Å². The monoisotopic (exact) mass is 378 g/mol. The number of amides is 2. The SMILES string of the molecule is COc1cc(C)nc(NC(=O)NS(=O)(=O)c2csc3ccccc23)n1. The van der Waals surface area contributed by atoms with Crippen LogP contribution in [-0.4, -0.2) is 31.5 Å². The van der Waals surface area contributed by atoms with E-state index in [9.17, 15) is 13.2 Å². The number of thiophene rings is 1. The summed E-state index contributed by atoms with van der Waals surface area (Å²) in [5.74, 6) is 0.203. The van der Waals surface area contributed by atoms with Crippen molar-refractivity contribution in [2.24, 2.45) is 0 Å². The van der Waals surface area contributed by atoms with Gasteiger partial charge in [0.1, 0.15) is 4.90 Å². The summed E-state index contributed by atoms with van der Waals surface area (Å²) in [6.07, 6.45) is 0. The van der Waals surface area contributed by atoms with Crippen LogP contribution < -0.4 is 14.8 Å². The molecule has 0 radical (unpaired) electrons. The molecule has 0 spiro atoms. The first-order chi connectivity index (χ1) is 11.9. The molecule has 10 heteroatoms. The zero-order valence-corrected chi connectivity index (χ0v) is 14.9. The second-order valence-corrected chi connectivity index (χ2v) is 7.59. The molecule has 1 aromatic carbocycles. The Kier molecular flexibility index (Phi) is 4.55. The van der Waals surface area contributed by atoms with Crippen LogP contribution in [0, 0.1) is 6.92 Å². The Morgan fingerprint density at radius 1 is 1.24 bits per heavy atom. The summed E-state index contributed by atoms with van der Waals surface area (Å²) in [5, 5.41) is 4.34. The van der Waals surface area contributed by atoms with E-state index in [4.69, 9.17) is 4.74 Å². The highest BCUT2D eigenvalue weighted by Gasteiger charge is 2.22. The molecule has 0 aliphatic rings. The van der Waals surface area contributed by atoms with Gasteiger partial charge in [-0.3, -0.25) is 5.32 Å². The predicted molar refractivity (Wildman–Crippen MR) is 94.5 cm³/mol. The molecule has 3 rings (SSSR count). The molecule has 0 aliphatic carbocycles. The minimum Gasteiger partial charge on any atom is -0.481 e. The largest absolute Gasteiger partial charge is 0.481 e. The smallest absolute Gasteiger partial charge is 0.335 e. The Morgan fingerprint density at radius 3 is 2.76 bits per heavy atom. The van der Waals surface area contributed by atoms with Gasteiger partial charge in [-0.15, -0.1) is 11.3 Å². The molecular formula is C15H14N4O4S2. The summed E-state index contributed by atoms with van der Waals surface area (Å²) in [7, 11) is -2.60. The number of aromatic nitrogens is 2. The standard InChI is InChI=1S/C15H14N4O4S2/c1-9-7-13(23-2)17-14(16-9)18-15(20)19-25(21,22)12-8-24-11-6-4-3-5-10(11)12/h3-8H,1-2H3,(H2,16,17,18,19,20). The number of nitrogens with zero attached hydrogens (tertiary/aromatic N) is 2. The van der Waals surface area contributed by atoms with Crippen LogP contribution in [0.2, 0.25) is 0 Å². The van der Waals surface area contributed by atoms with Gasteiger partial charge in [0.2, 0.25) is 11.8 Å². The van der Waals surface area contributed by atoms with E-state index in [0.29, 0.717) is 11.1 Å². The Balaban J connectivity index is 1.81. The van der Waals surface area contributed by atoms with Gasteiger partial charge in [-0.1, -0.05) is 18.2 Å². The van der Waals surface area contributed by atoms with Crippen molar-refractivity contribution < 1.29 is 17.9 Å². The minimum absolute atomic E-state index is 0.0472. The average molecular weight is 378 g/mol. The van der Waals surface area contributed by atoms with Crippen molar-refractivity contribution in [3.8, 4) is 5.88 Å². The molecule has 3 aromatic rings. The average Bonchev–Trinajstić information content (AvgIpc) is 2.98. The topological polar surface area (TPSA) is 110 Å². The lowest BCUT2D eigenvalue weighted by molar-refractivity contribution is 0.256. The molecule has 2 aromatic heterocycles. The maximum atomic E-state index is 12.5. The Hall–Kier alpha value is -2.72. The van der Waals surface area contributed by atoms with E-state index in [0.717, 1.165) is 4.70 Å². The van der Waals surface area contributed by atoms with Gasteiger partial charge in [0.25, 0.3) is 10.0 Å². The Morgan fingerprint density at radius 2 is 2.00 bits per heavy atom. The molecule has 0 fully saturated rings. The van der Waals surface area contributed by atoms with E-state index in [2.05, 4.69) is 15.3 Å². The quantitative estimate of drug-likeness (QED) is 0.722. The van der Waals surface area contributed by atoms with Crippen LogP contribution >= 0.6 is 11.3 Å². The summed E-state index contributed by atoms with van der Waals surface area (Å²) in [4.78, 5) is 20.0. The van der Waals surface area contributed by atoms with Crippen molar-refractivity contribution in [3.63, 3.8) is 0 Å². The van der Waals surface area contributed by atoms with Crippen LogP contribution in [0.15, 0.2) is 40.6 Å². The maximum Gasteiger partial charge on any atom is 0.335 e. The van der Waals surface area contributed by atoms with E-state index >= 15 is 0 Å². The van der Waals surface area contributed by atoms with Crippen molar-refractivity contribution in [3.05, 3.63) is 41.4 Å². The highest BCUT2D eigenvalue weighted by molar-refractivity contribution is 7.90. The molecule has 25 heavy (non-hydrogen) atoms. The number of fused-ring (bicyclic) bond motifs is 1. The summed E-state index contributed by atoms with van der Waals surface area (Å²) in [6.45, 7) is 1.70. The molecular weight excluding hydrogens is 364 g/mol. The van der Waals surface area contributed by atoms with Gasteiger partial charge in [0.15, 0.2) is 0 Å². The van der Waals surface area contributed by atoms with Crippen LogP contribution in [0.1, 0.15) is 5.69 Å². The Labute approximate surface area is 147 Å². The summed E-state index contributed by atoms with van der Waals surface area (Å²) in [5.41, 5.74) is 0.564. The fourth-order valence-electron chi connectivity index (χ4n) is 2.17. The molecule has 0 atom stereocenters. The lowest BCUT2D eigenvalue weighted by Gasteiger charge is -2.08. The molecule has 0 saturated carbocycles. The zero-order valence-electron chi connectivity index (χ0n) is 13.3. The first kappa shape index (κ1) is 17.1. The summed E-state index contributed by atoms with van der Waals surface area (Å²) >= 11 is 1.29. The van der Waals surface area contributed by atoms with Gasteiger partial charge >= 0.3 is 6.03 Å². The second-order valence-electron chi connectivity index (χ2n) is 5.03. The first-order valence-corrected chi connectivity index (χ1v) is 9.45. The lowest BCUT2D eigenvalue weighted by Crippen LogP contribution is -2.34. The normalized spacial score (nSPS) is 11.3. The number of aryl methyl sites for hydroxylation is 1. The molecule has 0 aliphatic heterocycles. The predicted octanol–water partition coefficient (Wildman–Crippen LogP) is 2.52. The van der Waals surface area contributed by atoms with Gasteiger partial charge in [-0.25, -0.2) is 22.9 Å². The Bertz CT molecular complexity index is 1050. The number of nitrogens with one attached hydrogen (secondary N) is 2. The van der Waals surface area contributed by atoms with E-state index in [-0.39, 0.29) is 16.7 Å². The second kappa shape index (κ2) is 6.65. The van der Waals surface area contributed by atoms with E-state index < -0.39 is 16.1 Å². The van der Waals surface area contributed by atoms with Crippen molar-refractivity contribution >= 4 is 43.4 Å². The highest BCUT2D eigenvalue weighted by Crippen LogP contribution is 2.28. The van der Waals surface area contributed by atoms with Gasteiger partial charge in [-0.2, -0.15) is 4.98 Å².